The second kappa shape index (κ2) is 8.66. The van der Waals surface area contributed by atoms with Gasteiger partial charge in [-0.15, -0.1) is 10.2 Å². The molecular formula is C21H21N5O3S. The monoisotopic (exact) mass is 423 g/mol. The Bertz CT molecular complexity index is 1080. The highest BCUT2D eigenvalue weighted by Gasteiger charge is 2.30. The predicted octanol–water partition coefficient (Wildman–Crippen LogP) is 4.15. The maximum absolute atomic E-state index is 12.5. The van der Waals surface area contributed by atoms with Crippen molar-refractivity contribution < 1.29 is 9.72 Å². The van der Waals surface area contributed by atoms with Crippen molar-refractivity contribution in [1.82, 2.24) is 14.8 Å². The van der Waals surface area contributed by atoms with E-state index in [1.165, 1.54) is 17.8 Å². The van der Waals surface area contributed by atoms with Gasteiger partial charge in [0, 0.05) is 12.0 Å². The first-order valence-electron chi connectivity index (χ1n) is 9.66. The molecular weight excluding hydrogens is 402 g/mol. The molecule has 8 nitrogen and oxygen atoms in total. The molecule has 4 rings (SSSR count). The van der Waals surface area contributed by atoms with Crippen molar-refractivity contribution in [3.63, 3.8) is 0 Å². The molecule has 0 spiro atoms. The molecule has 1 aliphatic rings. The van der Waals surface area contributed by atoms with Crippen LogP contribution in [0.15, 0.2) is 53.7 Å². The topological polar surface area (TPSA) is 103 Å². The Morgan fingerprint density at radius 1 is 1.23 bits per heavy atom. The molecule has 0 bridgehead atoms. The average Bonchev–Trinajstić information content (AvgIpc) is 3.50. The molecule has 1 saturated carbocycles. The van der Waals surface area contributed by atoms with Gasteiger partial charge in [-0.3, -0.25) is 14.9 Å². The van der Waals surface area contributed by atoms with Gasteiger partial charge in [-0.25, -0.2) is 0 Å². The van der Waals surface area contributed by atoms with E-state index in [4.69, 9.17) is 0 Å². The number of carbonyl (C=O) groups excluding carboxylic acids is 1. The number of nitrogens with zero attached hydrogens (tertiary/aromatic N) is 4. The molecule has 1 fully saturated rings. The van der Waals surface area contributed by atoms with Gasteiger partial charge < -0.3 is 9.88 Å². The summed E-state index contributed by atoms with van der Waals surface area (Å²) in [5, 5.41) is 23.2. The number of anilines is 1. The van der Waals surface area contributed by atoms with Crippen LogP contribution < -0.4 is 5.32 Å². The molecule has 3 aromatic rings. The number of aromatic nitrogens is 3. The van der Waals surface area contributed by atoms with Crippen molar-refractivity contribution in [2.24, 2.45) is 0 Å². The number of hydrogen-bond acceptors (Lipinski definition) is 6. The lowest BCUT2D eigenvalue weighted by atomic mass is 10.2. The number of nitro groups is 1. The van der Waals surface area contributed by atoms with Gasteiger partial charge in [0.1, 0.15) is 11.5 Å². The van der Waals surface area contributed by atoms with Gasteiger partial charge >= 0.3 is 0 Å². The molecule has 0 radical (unpaired) electrons. The van der Waals surface area contributed by atoms with Crippen LogP contribution in [-0.4, -0.2) is 31.3 Å². The van der Waals surface area contributed by atoms with Gasteiger partial charge in [-0.1, -0.05) is 48.2 Å². The van der Waals surface area contributed by atoms with Crippen LogP contribution in [0, 0.1) is 17.0 Å². The van der Waals surface area contributed by atoms with Crippen molar-refractivity contribution in [3.05, 3.63) is 75.6 Å². The number of amides is 1. The number of nitrogens with one attached hydrogen (secondary N) is 1. The van der Waals surface area contributed by atoms with E-state index in [1.54, 1.807) is 19.1 Å². The van der Waals surface area contributed by atoms with Crippen molar-refractivity contribution in [2.45, 2.75) is 37.4 Å². The number of carbonyl (C=O) groups is 1. The summed E-state index contributed by atoms with van der Waals surface area (Å²) in [6.07, 6.45) is 2.21. The molecule has 0 aliphatic heterocycles. The van der Waals surface area contributed by atoms with E-state index in [0.717, 1.165) is 29.8 Å². The molecule has 9 heteroatoms. The van der Waals surface area contributed by atoms with Gasteiger partial charge in [0.15, 0.2) is 5.16 Å². The highest BCUT2D eigenvalue weighted by atomic mass is 32.2. The van der Waals surface area contributed by atoms with Gasteiger partial charge in [0.05, 0.1) is 17.2 Å². The zero-order valence-corrected chi connectivity index (χ0v) is 17.3. The first kappa shape index (κ1) is 20.1. The first-order chi connectivity index (χ1) is 14.5. The van der Waals surface area contributed by atoms with Gasteiger partial charge in [-0.2, -0.15) is 0 Å². The Morgan fingerprint density at radius 3 is 2.70 bits per heavy atom. The molecule has 154 valence electrons. The van der Waals surface area contributed by atoms with Crippen LogP contribution in [0.3, 0.4) is 0 Å². The van der Waals surface area contributed by atoms with Crippen molar-refractivity contribution in [1.29, 1.82) is 0 Å². The number of nitro benzene ring substituents is 1. The van der Waals surface area contributed by atoms with Gasteiger partial charge in [-0.05, 0) is 37.0 Å². The maximum Gasteiger partial charge on any atom is 0.293 e. The van der Waals surface area contributed by atoms with Crippen LogP contribution in [0.5, 0.6) is 0 Å². The Balaban J connectivity index is 1.46. The average molecular weight is 423 g/mol. The molecule has 1 heterocycles. The minimum atomic E-state index is -0.492. The van der Waals surface area contributed by atoms with E-state index >= 15 is 0 Å². The Kier molecular flexibility index (Phi) is 5.80. The third kappa shape index (κ3) is 4.68. The number of aryl methyl sites for hydroxylation is 1. The standard InChI is InChI=1S/C21H21N5O3S/c1-14-7-10-17(18(11-14)26(28)29)22-19(27)13-30-21-24-23-20(16-8-9-16)25(21)12-15-5-3-2-4-6-15/h2-7,10-11,16H,8-9,12-13H2,1H3,(H,22,27). The minimum Gasteiger partial charge on any atom is -0.320 e. The smallest absolute Gasteiger partial charge is 0.293 e. The lowest BCUT2D eigenvalue weighted by Gasteiger charge is -2.10. The van der Waals surface area contributed by atoms with Crippen LogP contribution >= 0.6 is 11.8 Å². The molecule has 2 aromatic carbocycles. The molecule has 1 N–H and O–H groups in total. The number of thioether (sulfide) groups is 1. The highest BCUT2D eigenvalue weighted by Crippen LogP contribution is 2.40. The second-order valence-electron chi connectivity index (χ2n) is 7.30. The van der Waals surface area contributed by atoms with Crippen LogP contribution in [0.1, 0.15) is 35.7 Å². The third-order valence-electron chi connectivity index (χ3n) is 4.83. The summed E-state index contributed by atoms with van der Waals surface area (Å²) in [6.45, 7) is 2.42. The van der Waals surface area contributed by atoms with Crippen molar-refractivity contribution >= 4 is 29.0 Å². The van der Waals surface area contributed by atoms with E-state index in [0.29, 0.717) is 17.6 Å². The summed E-state index contributed by atoms with van der Waals surface area (Å²) < 4.78 is 2.07. The first-order valence-corrected chi connectivity index (χ1v) is 10.6. The molecule has 1 amide bonds. The van der Waals surface area contributed by atoms with E-state index in [2.05, 4.69) is 20.1 Å². The molecule has 0 atom stereocenters. The molecule has 1 aliphatic carbocycles. The minimum absolute atomic E-state index is 0.0859. The lowest BCUT2D eigenvalue weighted by Crippen LogP contribution is -2.16. The van der Waals surface area contributed by atoms with Gasteiger partial charge in [0.25, 0.3) is 5.69 Å². The van der Waals surface area contributed by atoms with E-state index in [9.17, 15) is 14.9 Å². The number of rotatable bonds is 8. The quantitative estimate of drug-likeness (QED) is 0.332. The largest absolute Gasteiger partial charge is 0.320 e. The number of benzene rings is 2. The Hall–Kier alpha value is -3.20. The van der Waals surface area contributed by atoms with E-state index < -0.39 is 4.92 Å². The second-order valence-corrected chi connectivity index (χ2v) is 8.24. The normalized spacial score (nSPS) is 13.2. The van der Waals surface area contributed by atoms with Gasteiger partial charge in [0.2, 0.25) is 5.91 Å². The lowest BCUT2D eigenvalue weighted by molar-refractivity contribution is -0.384. The molecule has 0 unspecified atom stereocenters. The summed E-state index contributed by atoms with van der Waals surface area (Å²) in [5.74, 6) is 1.15. The van der Waals surface area contributed by atoms with E-state index in [-0.39, 0.29) is 23.0 Å². The highest BCUT2D eigenvalue weighted by molar-refractivity contribution is 7.99. The summed E-state index contributed by atoms with van der Waals surface area (Å²) in [6, 6.07) is 14.8. The van der Waals surface area contributed by atoms with Crippen molar-refractivity contribution in [3.8, 4) is 0 Å². The molecule has 0 saturated heterocycles. The molecule has 1 aromatic heterocycles. The molecule has 30 heavy (non-hydrogen) atoms. The van der Waals surface area contributed by atoms with Crippen LogP contribution in [0.4, 0.5) is 11.4 Å². The predicted molar refractivity (Wildman–Crippen MR) is 115 cm³/mol. The summed E-state index contributed by atoms with van der Waals surface area (Å²) in [5.41, 5.74) is 1.98. The SMILES string of the molecule is Cc1ccc(NC(=O)CSc2nnc(C3CC3)n2Cc2ccccc2)c([N+](=O)[O-])c1. The van der Waals surface area contributed by atoms with Crippen molar-refractivity contribution in [2.75, 3.05) is 11.1 Å². The zero-order chi connectivity index (χ0) is 21.1. The number of hydrogen-bond donors (Lipinski definition) is 1. The fourth-order valence-corrected chi connectivity index (χ4v) is 3.92. The Labute approximate surface area is 177 Å². The fourth-order valence-electron chi connectivity index (χ4n) is 3.18. The maximum atomic E-state index is 12.5. The summed E-state index contributed by atoms with van der Waals surface area (Å²) in [7, 11) is 0. The zero-order valence-electron chi connectivity index (χ0n) is 16.4. The van der Waals surface area contributed by atoms with Crippen LogP contribution in [0.25, 0.3) is 0 Å². The Morgan fingerprint density at radius 2 is 2.00 bits per heavy atom. The third-order valence-corrected chi connectivity index (χ3v) is 5.79. The van der Waals surface area contributed by atoms with Crippen LogP contribution in [0.2, 0.25) is 0 Å². The van der Waals surface area contributed by atoms with Crippen LogP contribution in [-0.2, 0) is 11.3 Å². The summed E-state index contributed by atoms with van der Waals surface area (Å²) in [4.78, 5) is 23.2. The summed E-state index contributed by atoms with van der Waals surface area (Å²) >= 11 is 1.28. The fraction of sp³-hybridized carbons (Fsp3) is 0.286. The van der Waals surface area contributed by atoms with E-state index in [1.807, 2.05) is 30.3 Å².